The zero-order valence-corrected chi connectivity index (χ0v) is 11.6. The number of carbonyl (C=O) groups excluding carboxylic acids is 2. The molecule has 0 aliphatic heterocycles. The maximum atomic E-state index is 12.4. The molecule has 0 spiro atoms. The number of carbonyl (C=O) groups is 2. The first-order chi connectivity index (χ1) is 8.49. The Kier molecular flexibility index (Phi) is 5.59. The molecule has 0 aromatic heterocycles. The lowest BCUT2D eigenvalue weighted by molar-refractivity contribution is -0.141. The fourth-order valence-corrected chi connectivity index (χ4v) is 2.53. The summed E-state index contributed by atoms with van der Waals surface area (Å²) in [5.74, 6) is 0.274. The minimum atomic E-state index is -0.127. The van der Waals surface area contributed by atoms with Gasteiger partial charge >= 0.3 is 0 Å². The third-order valence-electron chi connectivity index (χ3n) is 3.86. The smallest absolute Gasteiger partial charge is 0.239 e. The van der Waals surface area contributed by atoms with E-state index >= 15 is 0 Å². The number of hydrogen-bond acceptors (Lipinski definition) is 3. The Bertz CT molecular complexity index is 307. The molecule has 1 rings (SSSR count). The van der Waals surface area contributed by atoms with Crippen molar-refractivity contribution in [2.75, 3.05) is 20.1 Å². The Morgan fingerprint density at radius 2 is 2.06 bits per heavy atom. The molecule has 2 amide bonds. The van der Waals surface area contributed by atoms with Crippen LogP contribution in [0.2, 0.25) is 0 Å². The van der Waals surface area contributed by atoms with Crippen molar-refractivity contribution in [3.63, 3.8) is 0 Å². The Hall–Kier alpha value is -1.10. The van der Waals surface area contributed by atoms with E-state index in [1.165, 1.54) is 0 Å². The van der Waals surface area contributed by atoms with Gasteiger partial charge in [0.1, 0.15) is 0 Å². The summed E-state index contributed by atoms with van der Waals surface area (Å²) in [6.45, 7) is 4.70. The van der Waals surface area contributed by atoms with E-state index in [2.05, 4.69) is 12.2 Å². The van der Waals surface area contributed by atoms with Gasteiger partial charge in [-0.15, -0.1) is 0 Å². The Morgan fingerprint density at radius 1 is 1.39 bits per heavy atom. The summed E-state index contributed by atoms with van der Waals surface area (Å²) >= 11 is 0. The molecule has 3 atom stereocenters. The van der Waals surface area contributed by atoms with Gasteiger partial charge in [-0.1, -0.05) is 6.92 Å². The van der Waals surface area contributed by atoms with Gasteiger partial charge in [-0.2, -0.15) is 0 Å². The lowest BCUT2D eigenvalue weighted by Gasteiger charge is -2.34. The first-order valence-electron chi connectivity index (χ1n) is 6.74. The van der Waals surface area contributed by atoms with E-state index in [1.54, 1.807) is 11.9 Å². The highest BCUT2D eigenvalue weighted by atomic mass is 16.2. The summed E-state index contributed by atoms with van der Waals surface area (Å²) in [4.78, 5) is 25.4. The highest BCUT2D eigenvalue weighted by molar-refractivity contribution is 5.86. The van der Waals surface area contributed by atoms with Crippen LogP contribution >= 0.6 is 0 Å². The molecule has 1 fully saturated rings. The van der Waals surface area contributed by atoms with Crippen LogP contribution in [0.4, 0.5) is 0 Å². The molecule has 0 heterocycles. The van der Waals surface area contributed by atoms with Gasteiger partial charge in [-0.05, 0) is 32.1 Å². The van der Waals surface area contributed by atoms with Crippen molar-refractivity contribution in [2.45, 2.75) is 39.2 Å². The monoisotopic (exact) mass is 255 g/mol. The fraction of sp³-hybridized carbons (Fsp3) is 0.846. The Balaban J connectivity index is 2.67. The summed E-state index contributed by atoms with van der Waals surface area (Å²) in [6.07, 6.45) is 2.73. The van der Waals surface area contributed by atoms with Crippen molar-refractivity contribution in [1.82, 2.24) is 10.2 Å². The molecule has 1 aliphatic rings. The van der Waals surface area contributed by atoms with Gasteiger partial charge in [0.15, 0.2) is 0 Å². The van der Waals surface area contributed by atoms with E-state index in [1.807, 2.05) is 6.92 Å². The molecule has 1 aliphatic carbocycles. The number of amides is 2. The molecule has 0 aromatic rings. The molecule has 5 heteroatoms. The predicted molar refractivity (Wildman–Crippen MR) is 70.8 cm³/mol. The van der Waals surface area contributed by atoms with E-state index in [0.717, 1.165) is 19.3 Å². The molecule has 0 aromatic carbocycles. The number of nitrogens with one attached hydrogen (secondary N) is 1. The lowest BCUT2D eigenvalue weighted by atomic mass is 9.77. The number of nitrogens with zero attached hydrogens (tertiary/aromatic N) is 1. The zero-order valence-electron chi connectivity index (χ0n) is 11.6. The minimum Gasteiger partial charge on any atom is -0.358 e. The summed E-state index contributed by atoms with van der Waals surface area (Å²) in [6, 6.07) is 0.119. The van der Waals surface area contributed by atoms with Gasteiger partial charge in [0.2, 0.25) is 11.8 Å². The van der Waals surface area contributed by atoms with Crippen LogP contribution in [0, 0.1) is 11.8 Å². The van der Waals surface area contributed by atoms with Crippen molar-refractivity contribution in [1.29, 1.82) is 0 Å². The van der Waals surface area contributed by atoms with Crippen molar-refractivity contribution in [3.8, 4) is 0 Å². The zero-order chi connectivity index (χ0) is 13.7. The third-order valence-corrected chi connectivity index (χ3v) is 3.86. The minimum absolute atomic E-state index is 0.0293. The highest BCUT2D eigenvalue weighted by Crippen LogP contribution is 2.30. The van der Waals surface area contributed by atoms with Gasteiger partial charge in [-0.3, -0.25) is 9.59 Å². The summed E-state index contributed by atoms with van der Waals surface area (Å²) in [5.41, 5.74) is 5.94. The van der Waals surface area contributed by atoms with Crippen molar-refractivity contribution in [2.24, 2.45) is 17.6 Å². The molecule has 3 unspecified atom stereocenters. The molecule has 0 saturated heterocycles. The third kappa shape index (κ3) is 3.70. The van der Waals surface area contributed by atoms with Crippen LogP contribution in [0.5, 0.6) is 0 Å². The molecule has 3 N–H and O–H groups in total. The Labute approximate surface area is 109 Å². The normalized spacial score (nSPS) is 27.7. The number of likely N-dealkylation sites (N-methyl/N-ethyl adjacent to an activating group) is 2. The van der Waals surface area contributed by atoms with Crippen LogP contribution < -0.4 is 11.1 Å². The van der Waals surface area contributed by atoms with Crippen molar-refractivity contribution >= 4 is 11.8 Å². The topological polar surface area (TPSA) is 75.4 Å². The quantitative estimate of drug-likeness (QED) is 0.761. The second-order valence-electron chi connectivity index (χ2n) is 5.18. The number of nitrogens with two attached hydrogens (primary N) is 1. The van der Waals surface area contributed by atoms with E-state index in [4.69, 9.17) is 5.73 Å². The summed E-state index contributed by atoms with van der Waals surface area (Å²) in [7, 11) is 1.58. The average molecular weight is 255 g/mol. The maximum absolute atomic E-state index is 12.4. The van der Waals surface area contributed by atoms with Gasteiger partial charge < -0.3 is 16.0 Å². The highest BCUT2D eigenvalue weighted by Gasteiger charge is 2.33. The Morgan fingerprint density at radius 3 is 2.61 bits per heavy atom. The number of rotatable bonds is 4. The molecular formula is C13H25N3O2. The van der Waals surface area contributed by atoms with E-state index in [9.17, 15) is 9.59 Å². The van der Waals surface area contributed by atoms with Crippen molar-refractivity contribution in [3.05, 3.63) is 0 Å². The molecular weight excluding hydrogens is 230 g/mol. The first-order valence-corrected chi connectivity index (χ1v) is 6.74. The molecule has 104 valence electrons. The standard InChI is InChI=1S/C13H25N3O2/c1-4-16(8-12(17)15-3)13(18)11-7-10(14)6-5-9(11)2/h9-11H,4-8,14H2,1-3H3,(H,15,17). The van der Waals surface area contributed by atoms with Crippen LogP contribution in [0.25, 0.3) is 0 Å². The van der Waals surface area contributed by atoms with Gasteiger partial charge in [0.05, 0.1) is 6.54 Å². The lowest BCUT2D eigenvalue weighted by Crippen LogP contribution is -2.46. The van der Waals surface area contributed by atoms with Crippen molar-refractivity contribution < 1.29 is 9.59 Å². The van der Waals surface area contributed by atoms with Crippen LogP contribution in [-0.4, -0.2) is 42.9 Å². The van der Waals surface area contributed by atoms with Crippen LogP contribution in [0.1, 0.15) is 33.1 Å². The largest absolute Gasteiger partial charge is 0.358 e. The predicted octanol–water partition coefficient (Wildman–Crippen LogP) is 0.344. The molecule has 0 bridgehead atoms. The molecule has 1 saturated carbocycles. The average Bonchev–Trinajstić information content (AvgIpc) is 2.37. The molecule has 0 radical (unpaired) electrons. The molecule has 5 nitrogen and oxygen atoms in total. The fourth-order valence-electron chi connectivity index (χ4n) is 2.53. The first kappa shape index (κ1) is 15.0. The van der Waals surface area contributed by atoms with Crippen LogP contribution in [0.15, 0.2) is 0 Å². The van der Waals surface area contributed by atoms with Crippen LogP contribution in [-0.2, 0) is 9.59 Å². The van der Waals surface area contributed by atoms with Gasteiger partial charge in [0.25, 0.3) is 0 Å². The van der Waals surface area contributed by atoms with Gasteiger partial charge in [0, 0.05) is 25.6 Å². The molecule has 18 heavy (non-hydrogen) atoms. The van der Waals surface area contributed by atoms with Gasteiger partial charge in [-0.25, -0.2) is 0 Å². The summed E-state index contributed by atoms with van der Waals surface area (Å²) < 4.78 is 0. The van der Waals surface area contributed by atoms with E-state index in [0.29, 0.717) is 12.5 Å². The second kappa shape index (κ2) is 6.73. The second-order valence-corrected chi connectivity index (χ2v) is 5.18. The van der Waals surface area contributed by atoms with Crippen LogP contribution in [0.3, 0.4) is 0 Å². The summed E-state index contributed by atoms with van der Waals surface area (Å²) in [5, 5.41) is 2.55. The van der Waals surface area contributed by atoms with E-state index < -0.39 is 0 Å². The maximum Gasteiger partial charge on any atom is 0.239 e. The SMILES string of the molecule is CCN(CC(=O)NC)C(=O)C1CC(N)CCC1C. The number of hydrogen-bond donors (Lipinski definition) is 2. The van der Waals surface area contributed by atoms with E-state index in [-0.39, 0.29) is 30.3 Å².